The summed E-state index contributed by atoms with van der Waals surface area (Å²) in [7, 11) is 0. The molecule has 0 unspecified atom stereocenters. The van der Waals surface area contributed by atoms with Gasteiger partial charge in [0, 0.05) is 11.8 Å². The fourth-order valence-electron chi connectivity index (χ4n) is 1.56. The van der Waals surface area contributed by atoms with Gasteiger partial charge in [-0.1, -0.05) is 48.0 Å². The standard InChI is InChI=1S/C16H15NO/c1-13-7-9-14(10-8-13)11-12-17-16(18)15-5-3-2-4-6-15/h2-12H,1H3,(H,17,18)/b12-11+. The molecule has 0 saturated heterocycles. The van der Waals surface area contributed by atoms with Crippen LogP contribution >= 0.6 is 0 Å². The highest BCUT2D eigenvalue weighted by molar-refractivity contribution is 5.95. The van der Waals surface area contributed by atoms with Crippen LogP contribution in [0.4, 0.5) is 0 Å². The minimum atomic E-state index is -0.0982. The van der Waals surface area contributed by atoms with E-state index in [2.05, 4.69) is 5.32 Å². The van der Waals surface area contributed by atoms with Gasteiger partial charge >= 0.3 is 0 Å². The highest BCUT2D eigenvalue weighted by atomic mass is 16.1. The zero-order valence-electron chi connectivity index (χ0n) is 10.3. The van der Waals surface area contributed by atoms with Crippen LogP contribution < -0.4 is 5.32 Å². The van der Waals surface area contributed by atoms with Crippen LogP contribution in [0.1, 0.15) is 21.5 Å². The Kier molecular flexibility index (Phi) is 3.92. The van der Waals surface area contributed by atoms with E-state index < -0.39 is 0 Å². The predicted octanol–water partition coefficient (Wildman–Crippen LogP) is 3.40. The third kappa shape index (κ3) is 3.32. The fourth-order valence-corrected chi connectivity index (χ4v) is 1.56. The van der Waals surface area contributed by atoms with Gasteiger partial charge in [0.2, 0.25) is 0 Å². The van der Waals surface area contributed by atoms with Crippen molar-refractivity contribution in [2.24, 2.45) is 0 Å². The number of nitrogens with one attached hydrogen (secondary N) is 1. The highest BCUT2D eigenvalue weighted by Gasteiger charge is 2.00. The minimum absolute atomic E-state index is 0.0982. The second kappa shape index (κ2) is 5.82. The molecule has 0 saturated carbocycles. The predicted molar refractivity (Wildman–Crippen MR) is 74.1 cm³/mol. The van der Waals surface area contributed by atoms with E-state index >= 15 is 0 Å². The van der Waals surface area contributed by atoms with Gasteiger partial charge in [0.25, 0.3) is 5.91 Å². The van der Waals surface area contributed by atoms with Crippen molar-refractivity contribution in [3.8, 4) is 0 Å². The van der Waals surface area contributed by atoms with Crippen molar-refractivity contribution in [1.29, 1.82) is 0 Å². The lowest BCUT2D eigenvalue weighted by Gasteiger charge is -1.99. The van der Waals surface area contributed by atoms with E-state index in [0.717, 1.165) is 5.56 Å². The van der Waals surface area contributed by atoms with Gasteiger partial charge in [-0.2, -0.15) is 0 Å². The van der Waals surface area contributed by atoms with E-state index in [9.17, 15) is 4.79 Å². The molecule has 2 nitrogen and oxygen atoms in total. The van der Waals surface area contributed by atoms with E-state index in [4.69, 9.17) is 0 Å². The number of carbonyl (C=O) groups excluding carboxylic acids is 1. The molecule has 0 fully saturated rings. The maximum Gasteiger partial charge on any atom is 0.255 e. The number of amides is 1. The fraction of sp³-hybridized carbons (Fsp3) is 0.0625. The molecule has 2 rings (SSSR count). The van der Waals surface area contributed by atoms with E-state index in [1.165, 1.54) is 5.56 Å². The number of rotatable bonds is 3. The van der Waals surface area contributed by atoms with Crippen molar-refractivity contribution in [1.82, 2.24) is 5.32 Å². The summed E-state index contributed by atoms with van der Waals surface area (Å²) >= 11 is 0. The van der Waals surface area contributed by atoms with Crippen molar-refractivity contribution in [3.63, 3.8) is 0 Å². The van der Waals surface area contributed by atoms with Gasteiger partial charge in [-0.3, -0.25) is 4.79 Å². The summed E-state index contributed by atoms with van der Waals surface area (Å²) in [6, 6.07) is 17.3. The molecule has 0 aliphatic rings. The lowest BCUT2D eigenvalue weighted by atomic mass is 10.1. The molecule has 1 amide bonds. The molecule has 0 radical (unpaired) electrons. The molecule has 0 spiro atoms. The molecule has 0 atom stereocenters. The van der Waals surface area contributed by atoms with Gasteiger partial charge in [-0.05, 0) is 30.7 Å². The maximum atomic E-state index is 11.7. The molecule has 0 aliphatic carbocycles. The Morgan fingerprint density at radius 2 is 1.67 bits per heavy atom. The number of benzene rings is 2. The molecular weight excluding hydrogens is 222 g/mol. The molecule has 2 aromatic rings. The second-order valence-electron chi connectivity index (χ2n) is 4.08. The van der Waals surface area contributed by atoms with Crippen molar-refractivity contribution >= 4 is 12.0 Å². The van der Waals surface area contributed by atoms with Gasteiger partial charge in [0.05, 0.1) is 0 Å². The molecule has 0 aliphatic heterocycles. The monoisotopic (exact) mass is 237 g/mol. The molecule has 2 heteroatoms. The topological polar surface area (TPSA) is 29.1 Å². The van der Waals surface area contributed by atoms with Gasteiger partial charge in [-0.15, -0.1) is 0 Å². The van der Waals surface area contributed by atoms with E-state index in [0.29, 0.717) is 5.56 Å². The smallest absolute Gasteiger partial charge is 0.255 e. The molecule has 90 valence electrons. The first-order chi connectivity index (χ1) is 8.75. The minimum Gasteiger partial charge on any atom is -0.329 e. The molecule has 1 N–H and O–H groups in total. The molecule has 2 aromatic carbocycles. The highest BCUT2D eigenvalue weighted by Crippen LogP contribution is 2.04. The van der Waals surface area contributed by atoms with Crippen LogP contribution in [0.15, 0.2) is 60.8 Å². The van der Waals surface area contributed by atoms with E-state index in [1.54, 1.807) is 18.3 Å². The Labute approximate surface area is 107 Å². The van der Waals surface area contributed by atoms with Crippen molar-refractivity contribution in [3.05, 3.63) is 77.5 Å². The molecule has 18 heavy (non-hydrogen) atoms. The van der Waals surface area contributed by atoms with Gasteiger partial charge in [-0.25, -0.2) is 0 Å². The van der Waals surface area contributed by atoms with E-state index in [1.807, 2.05) is 55.5 Å². The van der Waals surface area contributed by atoms with Crippen LogP contribution in [0.3, 0.4) is 0 Å². The summed E-state index contributed by atoms with van der Waals surface area (Å²) in [5.41, 5.74) is 2.94. The molecule has 0 bridgehead atoms. The third-order valence-corrected chi connectivity index (χ3v) is 2.60. The average molecular weight is 237 g/mol. The van der Waals surface area contributed by atoms with Crippen molar-refractivity contribution < 1.29 is 4.79 Å². The summed E-state index contributed by atoms with van der Waals surface area (Å²) in [4.78, 5) is 11.7. The largest absolute Gasteiger partial charge is 0.329 e. The Bertz CT molecular complexity index is 541. The van der Waals surface area contributed by atoms with Crippen LogP contribution in [0.2, 0.25) is 0 Å². The third-order valence-electron chi connectivity index (χ3n) is 2.60. The Balaban J connectivity index is 1.96. The normalized spacial score (nSPS) is 10.5. The summed E-state index contributed by atoms with van der Waals surface area (Å²) in [6.07, 6.45) is 3.54. The van der Waals surface area contributed by atoms with Gasteiger partial charge in [0.15, 0.2) is 0 Å². The van der Waals surface area contributed by atoms with Crippen LogP contribution in [0.25, 0.3) is 6.08 Å². The lowest BCUT2D eigenvalue weighted by Crippen LogP contribution is -2.16. The summed E-state index contributed by atoms with van der Waals surface area (Å²) in [5, 5.41) is 2.74. The quantitative estimate of drug-likeness (QED) is 0.871. The van der Waals surface area contributed by atoms with Crippen LogP contribution in [0, 0.1) is 6.92 Å². The SMILES string of the molecule is Cc1ccc(/C=C/NC(=O)c2ccccc2)cc1. The number of aryl methyl sites for hydroxylation is 1. The van der Waals surface area contributed by atoms with Gasteiger partial charge in [0.1, 0.15) is 0 Å². The molecule has 0 aromatic heterocycles. The first-order valence-electron chi connectivity index (χ1n) is 5.85. The van der Waals surface area contributed by atoms with Gasteiger partial charge < -0.3 is 5.32 Å². The average Bonchev–Trinajstić information content (AvgIpc) is 2.42. The van der Waals surface area contributed by atoms with Crippen LogP contribution in [0.5, 0.6) is 0 Å². The number of hydrogen-bond donors (Lipinski definition) is 1. The van der Waals surface area contributed by atoms with Crippen molar-refractivity contribution in [2.45, 2.75) is 6.92 Å². The Morgan fingerprint density at radius 1 is 1.00 bits per heavy atom. The first-order valence-corrected chi connectivity index (χ1v) is 5.85. The Morgan fingerprint density at radius 3 is 2.33 bits per heavy atom. The summed E-state index contributed by atoms with van der Waals surface area (Å²) < 4.78 is 0. The zero-order valence-corrected chi connectivity index (χ0v) is 10.3. The van der Waals surface area contributed by atoms with Crippen LogP contribution in [-0.2, 0) is 0 Å². The van der Waals surface area contributed by atoms with Crippen molar-refractivity contribution in [2.75, 3.05) is 0 Å². The first kappa shape index (κ1) is 12.1. The maximum absolute atomic E-state index is 11.7. The second-order valence-corrected chi connectivity index (χ2v) is 4.08. The Hall–Kier alpha value is -2.35. The summed E-state index contributed by atoms with van der Waals surface area (Å²) in [5.74, 6) is -0.0982. The van der Waals surface area contributed by atoms with Crippen LogP contribution in [-0.4, -0.2) is 5.91 Å². The number of carbonyl (C=O) groups is 1. The van der Waals surface area contributed by atoms with E-state index in [-0.39, 0.29) is 5.91 Å². The summed E-state index contributed by atoms with van der Waals surface area (Å²) in [6.45, 7) is 2.05. The lowest BCUT2D eigenvalue weighted by molar-refractivity contribution is 0.0970. The number of hydrogen-bond acceptors (Lipinski definition) is 1. The molecular formula is C16H15NO. The molecule has 0 heterocycles. The zero-order chi connectivity index (χ0) is 12.8.